The van der Waals surface area contributed by atoms with Crippen LogP contribution in [0.5, 0.6) is 0 Å². The fourth-order valence-electron chi connectivity index (χ4n) is 9.76. The van der Waals surface area contributed by atoms with Crippen molar-refractivity contribution in [2.45, 2.75) is 290 Å². The molecule has 3 aliphatic heterocycles. The van der Waals surface area contributed by atoms with Gasteiger partial charge in [-0.1, -0.05) is 78.6 Å². The zero-order valence-electron chi connectivity index (χ0n) is 40.0. The van der Waals surface area contributed by atoms with Crippen molar-refractivity contribution in [3.05, 3.63) is 0 Å². The van der Waals surface area contributed by atoms with Crippen LogP contribution in [0.2, 0.25) is 0 Å². The van der Waals surface area contributed by atoms with Crippen molar-refractivity contribution in [1.29, 1.82) is 0 Å². The second-order valence-corrected chi connectivity index (χ2v) is 21.7. The highest BCUT2D eigenvalue weighted by molar-refractivity contribution is 5.70. The molecular weight excluding hydrogens is 715 g/mol. The van der Waals surface area contributed by atoms with Gasteiger partial charge in [-0.3, -0.25) is 14.4 Å². The Kier molecular flexibility index (Phi) is 22.9. The van der Waals surface area contributed by atoms with Crippen LogP contribution in [0.15, 0.2) is 0 Å². The Labute approximate surface area is 351 Å². The zero-order valence-corrected chi connectivity index (χ0v) is 40.0. The van der Waals surface area contributed by atoms with E-state index >= 15 is 0 Å². The van der Waals surface area contributed by atoms with E-state index in [1.54, 1.807) is 0 Å². The third kappa shape index (κ3) is 25.5. The minimum Gasteiger partial charge on any atom is -0.462 e. The maximum absolute atomic E-state index is 11.9. The number of carbonyl (C=O) groups excluding carboxylic acids is 3. The van der Waals surface area contributed by atoms with Gasteiger partial charge in [0.15, 0.2) is 0 Å². The second-order valence-electron chi connectivity index (χ2n) is 21.7. The smallest absolute Gasteiger partial charge is 0.306 e. The van der Waals surface area contributed by atoms with E-state index in [2.05, 4.69) is 120 Å². The van der Waals surface area contributed by atoms with Crippen LogP contribution in [0.1, 0.15) is 239 Å². The van der Waals surface area contributed by atoms with E-state index in [4.69, 9.17) is 14.2 Å². The van der Waals surface area contributed by atoms with Gasteiger partial charge in [-0.05, 0) is 102 Å². The molecule has 0 aromatic carbocycles. The molecule has 3 saturated heterocycles. The minimum absolute atomic E-state index is 0.0189. The van der Waals surface area contributed by atoms with Gasteiger partial charge in [0.25, 0.3) is 0 Å². The first kappa shape index (κ1) is 53.3. The Morgan fingerprint density at radius 2 is 0.561 bits per heavy atom. The predicted molar refractivity (Wildman–Crippen MR) is 238 cm³/mol. The number of rotatable bonds is 18. The van der Waals surface area contributed by atoms with E-state index < -0.39 is 0 Å². The number of esters is 3. The Bertz CT molecular complexity index is 986. The van der Waals surface area contributed by atoms with Gasteiger partial charge >= 0.3 is 17.9 Å². The first-order valence-corrected chi connectivity index (χ1v) is 23.2. The molecular formula is C48H93N3O6. The number of piperidine rings is 3. The quantitative estimate of drug-likeness (QED) is 0.0707. The van der Waals surface area contributed by atoms with Crippen LogP contribution in [0.3, 0.4) is 0 Å². The largest absolute Gasteiger partial charge is 0.462 e. The summed E-state index contributed by atoms with van der Waals surface area (Å²) in [5, 5.41) is 10.8. The molecule has 3 heterocycles. The van der Waals surface area contributed by atoms with E-state index in [0.717, 1.165) is 77.0 Å². The number of hydrogen-bond donors (Lipinski definition) is 3. The van der Waals surface area contributed by atoms with Crippen molar-refractivity contribution in [1.82, 2.24) is 16.0 Å². The predicted octanol–water partition coefficient (Wildman–Crippen LogP) is 11.4. The molecule has 0 radical (unpaired) electrons. The summed E-state index contributed by atoms with van der Waals surface area (Å²) in [6.07, 6.45) is 20.8. The molecule has 0 unspecified atom stereocenters. The molecule has 0 aromatic rings. The van der Waals surface area contributed by atoms with E-state index in [1.165, 1.54) is 38.5 Å². The van der Waals surface area contributed by atoms with E-state index in [0.29, 0.717) is 19.3 Å². The van der Waals surface area contributed by atoms with Gasteiger partial charge in [-0.2, -0.15) is 0 Å². The van der Waals surface area contributed by atoms with Crippen molar-refractivity contribution in [3.8, 4) is 0 Å². The number of hydrogen-bond acceptors (Lipinski definition) is 9. The molecule has 9 heteroatoms. The van der Waals surface area contributed by atoms with Crippen LogP contribution in [0.4, 0.5) is 0 Å². The first-order valence-electron chi connectivity index (χ1n) is 23.2. The fourth-order valence-corrected chi connectivity index (χ4v) is 9.76. The van der Waals surface area contributed by atoms with Gasteiger partial charge in [0, 0.05) is 91.0 Å². The number of ether oxygens (including phenoxy) is 3. The molecule has 0 spiro atoms. The topological polar surface area (TPSA) is 115 Å². The summed E-state index contributed by atoms with van der Waals surface area (Å²) in [4.78, 5) is 35.6. The van der Waals surface area contributed by atoms with Crippen LogP contribution >= 0.6 is 0 Å². The van der Waals surface area contributed by atoms with Crippen molar-refractivity contribution in [2.75, 3.05) is 0 Å². The summed E-state index contributed by atoms with van der Waals surface area (Å²) in [6, 6.07) is 0. The Morgan fingerprint density at radius 3 is 0.737 bits per heavy atom. The summed E-state index contributed by atoms with van der Waals surface area (Å²) < 4.78 is 17.0. The maximum atomic E-state index is 11.9. The third-order valence-electron chi connectivity index (χ3n) is 11.1. The van der Waals surface area contributed by atoms with Crippen molar-refractivity contribution in [3.63, 3.8) is 0 Å². The highest BCUT2D eigenvalue weighted by Crippen LogP contribution is 2.33. The van der Waals surface area contributed by atoms with Crippen molar-refractivity contribution >= 4 is 17.9 Å². The van der Waals surface area contributed by atoms with Gasteiger partial charge in [0.05, 0.1) is 0 Å². The molecule has 3 rings (SSSR count). The lowest BCUT2D eigenvalue weighted by Gasteiger charge is -2.46. The second kappa shape index (κ2) is 24.5. The highest BCUT2D eigenvalue weighted by Gasteiger charge is 2.41. The molecule has 9 nitrogen and oxygen atoms in total. The van der Waals surface area contributed by atoms with Crippen LogP contribution in [-0.4, -0.2) is 69.5 Å². The monoisotopic (exact) mass is 808 g/mol. The highest BCUT2D eigenvalue weighted by atomic mass is 16.6. The molecule has 0 aromatic heterocycles. The average molecular weight is 808 g/mol. The molecule has 3 aliphatic rings. The van der Waals surface area contributed by atoms with Crippen LogP contribution < -0.4 is 16.0 Å². The molecule has 57 heavy (non-hydrogen) atoms. The normalized spacial score (nSPS) is 22.2. The SMILES string of the molecule is CCCCCCC(=O)OC1CC(C)(C)NC(C)(C)C1.CCCCCCC(=O)OC1CC(C)(C)NC(C)(C)C1.CCCCCCC(=O)OC1CC(C)(C)NC(C)(C)C1. The first-order chi connectivity index (χ1) is 26.2. The summed E-state index contributed by atoms with van der Waals surface area (Å²) in [5.41, 5.74) is 0.220. The van der Waals surface area contributed by atoms with Gasteiger partial charge < -0.3 is 30.2 Å². The van der Waals surface area contributed by atoms with Crippen LogP contribution in [-0.2, 0) is 28.6 Å². The average Bonchev–Trinajstić information content (AvgIpc) is 2.99. The standard InChI is InChI=1S/3C16H31NO2/c3*1-6-7-8-9-10-14(18)19-13-11-15(2,3)17-16(4,5)12-13/h3*13,17H,6-12H2,1-5H3. The Balaban J connectivity index is 0.000000427. The molecule has 0 atom stereocenters. The van der Waals surface area contributed by atoms with E-state index in [9.17, 15) is 14.4 Å². The third-order valence-corrected chi connectivity index (χ3v) is 11.1. The minimum atomic E-state index is -0.0189. The summed E-state index contributed by atoms with van der Waals surface area (Å²) in [5.74, 6) is -0.0567. The molecule has 336 valence electrons. The maximum Gasteiger partial charge on any atom is 0.306 e. The lowest BCUT2D eigenvalue weighted by atomic mass is 9.81. The fraction of sp³-hybridized carbons (Fsp3) is 0.938. The number of nitrogens with one attached hydrogen (secondary N) is 3. The molecule has 3 fully saturated rings. The number of unbranched alkanes of at least 4 members (excludes halogenated alkanes) is 9. The van der Waals surface area contributed by atoms with Crippen molar-refractivity contribution < 1.29 is 28.6 Å². The van der Waals surface area contributed by atoms with Gasteiger partial charge in [0.2, 0.25) is 0 Å². The molecule has 3 N–H and O–H groups in total. The van der Waals surface area contributed by atoms with E-state index in [1.807, 2.05) is 0 Å². The van der Waals surface area contributed by atoms with Crippen LogP contribution in [0, 0.1) is 0 Å². The lowest BCUT2D eigenvalue weighted by molar-refractivity contribution is -0.154. The summed E-state index contributed by atoms with van der Waals surface area (Å²) >= 11 is 0. The Hall–Kier alpha value is -1.71. The molecule has 0 amide bonds. The van der Waals surface area contributed by atoms with Crippen LogP contribution in [0.25, 0.3) is 0 Å². The molecule has 0 saturated carbocycles. The van der Waals surface area contributed by atoms with Gasteiger partial charge in [0.1, 0.15) is 18.3 Å². The summed E-state index contributed by atoms with van der Waals surface area (Å²) in [7, 11) is 0. The summed E-state index contributed by atoms with van der Waals surface area (Å²) in [6.45, 7) is 32.7. The zero-order chi connectivity index (χ0) is 43.6. The van der Waals surface area contributed by atoms with E-state index in [-0.39, 0.29) is 69.5 Å². The van der Waals surface area contributed by atoms with Gasteiger partial charge in [-0.15, -0.1) is 0 Å². The number of carbonyl (C=O) groups is 3. The van der Waals surface area contributed by atoms with Gasteiger partial charge in [-0.25, -0.2) is 0 Å². The van der Waals surface area contributed by atoms with Crippen molar-refractivity contribution in [2.24, 2.45) is 0 Å². The molecule has 0 bridgehead atoms. The Morgan fingerprint density at radius 1 is 0.368 bits per heavy atom. The lowest BCUT2D eigenvalue weighted by Crippen LogP contribution is -2.59. The molecule has 0 aliphatic carbocycles.